The van der Waals surface area contributed by atoms with Gasteiger partial charge in [0.25, 0.3) is 0 Å². The van der Waals surface area contributed by atoms with Crippen molar-refractivity contribution in [3.8, 4) is 5.69 Å². The first-order valence-corrected chi connectivity index (χ1v) is 5.71. The van der Waals surface area contributed by atoms with Crippen LogP contribution in [0, 0.1) is 0 Å². The fraction of sp³-hybridized carbons (Fsp3) is 0.0909. The fourth-order valence-electron chi connectivity index (χ4n) is 1.93. The number of rotatable bonds is 1. The molecule has 0 radical (unpaired) electrons. The summed E-state index contributed by atoms with van der Waals surface area (Å²) in [5.41, 5.74) is 1.60. The highest BCUT2D eigenvalue weighted by molar-refractivity contribution is 6.42. The lowest BCUT2D eigenvalue weighted by Crippen LogP contribution is -2.22. The van der Waals surface area contributed by atoms with Gasteiger partial charge in [0.15, 0.2) is 0 Å². The molecule has 0 saturated carbocycles. The van der Waals surface area contributed by atoms with Crippen molar-refractivity contribution >= 4 is 35.2 Å². The van der Waals surface area contributed by atoms with E-state index >= 15 is 0 Å². The van der Waals surface area contributed by atoms with Crippen LogP contribution in [-0.2, 0) is 4.79 Å². The molecule has 4 nitrogen and oxygen atoms in total. The molecule has 0 spiro atoms. The number of aldehydes is 1. The van der Waals surface area contributed by atoms with E-state index in [0.29, 0.717) is 15.9 Å². The van der Waals surface area contributed by atoms with Crippen LogP contribution in [0.3, 0.4) is 0 Å². The standard InChI is InChI=1S/C11H7Cl2N3O/c12-6-3-8-10(4-7(6)13)16-2-1-14-11(16)9(5-17)15-8/h1-5,9,15H. The third kappa shape index (κ3) is 1.52. The van der Waals surface area contributed by atoms with E-state index in [1.807, 2.05) is 4.57 Å². The molecule has 0 bridgehead atoms. The summed E-state index contributed by atoms with van der Waals surface area (Å²) in [6.45, 7) is 0. The Kier molecular flexibility index (Phi) is 2.34. The molecule has 1 aromatic heterocycles. The maximum Gasteiger partial charge on any atom is 0.150 e. The number of anilines is 1. The number of hydrogen-bond acceptors (Lipinski definition) is 3. The maximum absolute atomic E-state index is 11.0. The van der Waals surface area contributed by atoms with Gasteiger partial charge >= 0.3 is 0 Å². The minimum atomic E-state index is -0.463. The molecule has 1 aliphatic heterocycles. The zero-order valence-electron chi connectivity index (χ0n) is 8.52. The van der Waals surface area contributed by atoms with E-state index in [1.165, 1.54) is 0 Å². The number of aromatic nitrogens is 2. The number of halogens is 2. The average Bonchev–Trinajstić information content (AvgIpc) is 2.79. The molecule has 1 aliphatic rings. The Morgan fingerprint density at radius 1 is 1.35 bits per heavy atom. The molecule has 0 amide bonds. The van der Waals surface area contributed by atoms with Gasteiger partial charge in [-0.15, -0.1) is 0 Å². The van der Waals surface area contributed by atoms with Gasteiger partial charge in [-0.3, -0.25) is 4.57 Å². The molecule has 17 heavy (non-hydrogen) atoms. The van der Waals surface area contributed by atoms with Crippen LogP contribution in [0.15, 0.2) is 24.5 Å². The zero-order chi connectivity index (χ0) is 12.0. The second-order valence-corrected chi connectivity index (χ2v) is 4.51. The predicted molar refractivity (Wildman–Crippen MR) is 66.0 cm³/mol. The predicted octanol–water partition coefficient (Wildman–Crippen LogP) is 2.84. The number of carbonyl (C=O) groups excluding carboxylic acids is 1. The molecule has 86 valence electrons. The van der Waals surface area contributed by atoms with Crippen molar-refractivity contribution in [1.82, 2.24) is 9.55 Å². The summed E-state index contributed by atoms with van der Waals surface area (Å²) >= 11 is 11.9. The highest BCUT2D eigenvalue weighted by Gasteiger charge is 2.25. The molecule has 0 aliphatic carbocycles. The molecule has 0 fully saturated rings. The van der Waals surface area contributed by atoms with Crippen molar-refractivity contribution in [1.29, 1.82) is 0 Å². The van der Waals surface area contributed by atoms with Crippen molar-refractivity contribution < 1.29 is 4.79 Å². The molecule has 1 aromatic carbocycles. The molecule has 1 N–H and O–H groups in total. The average molecular weight is 268 g/mol. The van der Waals surface area contributed by atoms with E-state index in [1.54, 1.807) is 24.5 Å². The Morgan fingerprint density at radius 2 is 2.12 bits per heavy atom. The van der Waals surface area contributed by atoms with Gasteiger partial charge in [-0.05, 0) is 12.1 Å². The fourth-order valence-corrected chi connectivity index (χ4v) is 2.25. The zero-order valence-corrected chi connectivity index (χ0v) is 10.0. The normalized spacial score (nSPS) is 16.9. The van der Waals surface area contributed by atoms with Gasteiger partial charge in [0.2, 0.25) is 0 Å². The van der Waals surface area contributed by atoms with E-state index < -0.39 is 6.04 Å². The van der Waals surface area contributed by atoms with Crippen LogP contribution in [0.1, 0.15) is 11.9 Å². The molecule has 0 saturated heterocycles. The Morgan fingerprint density at radius 3 is 2.88 bits per heavy atom. The lowest BCUT2D eigenvalue weighted by Gasteiger charge is -2.25. The molecule has 1 atom stereocenters. The largest absolute Gasteiger partial charge is 0.368 e. The Balaban J connectivity index is 2.27. The summed E-state index contributed by atoms with van der Waals surface area (Å²) < 4.78 is 1.83. The van der Waals surface area contributed by atoms with Crippen LogP contribution in [-0.4, -0.2) is 15.8 Å². The number of hydrogen-bond donors (Lipinski definition) is 1. The van der Waals surface area contributed by atoms with E-state index in [2.05, 4.69) is 10.3 Å². The second kappa shape index (κ2) is 3.75. The third-order valence-electron chi connectivity index (χ3n) is 2.69. The van der Waals surface area contributed by atoms with Crippen molar-refractivity contribution in [2.75, 3.05) is 5.32 Å². The Hall–Kier alpha value is -1.52. The summed E-state index contributed by atoms with van der Waals surface area (Å²) in [6, 6.07) is 2.99. The summed E-state index contributed by atoms with van der Waals surface area (Å²) in [6.07, 6.45) is 4.24. The monoisotopic (exact) mass is 267 g/mol. The van der Waals surface area contributed by atoms with Gasteiger partial charge in [-0.2, -0.15) is 0 Å². The van der Waals surface area contributed by atoms with Gasteiger partial charge in [0.05, 0.1) is 21.4 Å². The molecule has 2 aromatic rings. The molecular formula is C11H7Cl2N3O. The van der Waals surface area contributed by atoms with E-state index in [4.69, 9.17) is 23.2 Å². The number of imidazole rings is 1. The van der Waals surface area contributed by atoms with Gasteiger partial charge in [0, 0.05) is 12.4 Å². The van der Waals surface area contributed by atoms with Gasteiger partial charge in [-0.1, -0.05) is 23.2 Å². The maximum atomic E-state index is 11.0. The van der Waals surface area contributed by atoms with Crippen molar-refractivity contribution in [2.45, 2.75) is 6.04 Å². The summed E-state index contributed by atoms with van der Waals surface area (Å²) in [4.78, 5) is 15.2. The molecular weight excluding hydrogens is 261 g/mol. The molecule has 3 rings (SSSR count). The van der Waals surface area contributed by atoms with Crippen LogP contribution in [0.4, 0.5) is 5.69 Å². The molecule has 6 heteroatoms. The first kappa shape index (κ1) is 10.6. The number of carbonyl (C=O) groups is 1. The lowest BCUT2D eigenvalue weighted by molar-refractivity contribution is -0.108. The van der Waals surface area contributed by atoms with Crippen LogP contribution in [0.2, 0.25) is 10.0 Å². The number of benzene rings is 1. The van der Waals surface area contributed by atoms with Crippen LogP contribution < -0.4 is 5.32 Å². The number of nitrogens with zero attached hydrogens (tertiary/aromatic N) is 2. The van der Waals surface area contributed by atoms with E-state index in [-0.39, 0.29) is 0 Å². The minimum Gasteiger partial charge on any atom is -0.368 e. The molecule has 2 heterocycles. The van der Waals surface area contributed by atoms with Gasteiger partial charge < -0.3 is 10.1 Å². The smallest absolute Gasteiger partial charge is 0.150 e. The first-order valence-electron chi connectivity index (χ1n) is 4.95. The first-order chi connectivity index (χ1) is 8.20. The summed E-state index contributed by atoms with van der Waals surface area (Å²) in [5, 5.41) is 3.98. The van der Waals surface area contributed by atoms with Gasteiger partial charge in [0.1, 0.15) is 18.2 Å². The lowest BCUT2D eigenvalue weighted by atomic mass is 10.1. The Bertz CT molecular complexity index is 609. The number of fused-ring (bicyclic) bond motifs is 3. The minimum absolute atomic E-state index is 0.450. The van der Waals surface area contributed by atoms with Crippen LogP contribution in [0.25, 0.3) is 5.69 Å². The molecule has 1 unspecified atom stereocenters. The van der Waals surface area contributed by atoms with Gasteiger partial charge in [-0.25, -0.2) is 4.98 Å². The number of nitrogens with one attached hydrogen (secondary N) is 1. The van der Waals surface area contributed by atoms with Crippen molar-refractivity contribution in [2.24, 2.45) is 0 Å². The van der Waals surface area contributed by atoms with E-state index in [0.717, 1.165) is 17.7 Å². The summed E-state index contributed by atoms with van der Waals surface area (Å²) in [5.74, 6) is 0.644. The highest BCUT2D eigenvalue weighted by Crippen LogP contribution is 2.36. The van der Waals surface area contributed by atoms with Crippen molar-refractivity contribution in [3.05, 3.63) is 40.4 Å². The highest BCUT2D eigenvalue weighted by atomic mass is 35.5. The SMILES string of the molecule is O=CC1Nc2cc(Cl)c(Cl)cc2-n2ccnc21. The topological polar surface area (TPSA) is 46.9 Å². The summed E-state index contributed by atoms with van der Waals surface area (Å²) in [7, 11) is 0. The quantitative estimate of drug-likeness (QED) is 0.809. The van der Waals surface area contributed by atoms with Crippen LogP contribution in [0.5, 0.6) is 0 Å². The second-order valence-electron chi connectivity index (χ2n) is 3.70. The van der Waals surface area contributed by atoms with Crippen LogP contribution >= 0.6 is 23.2 Å². The van der Waals surface area contributed by atoms with E-state index in [9.17, 15) is 4.79 Å². The Labute approximate surface area is 107 Å². The third-order valence-corrected chi connectivity index (χ3v) is 3.41. The van der Waals surface area contributed by atoms with Crippen molar-refractivity contribution in [3.63, 3.8) is 0 Å².